The molecular weight excluding hydrogens is 212 g/mol. The Hall–Kier alpha value is -1.06. The second-order valence-electron chi connectivity index (χ2n) is 4.26. The van der Waals surface area contributed by atoms with E-state index in [0.717, 1.165) is 19.6 Å². The maximum Gasteiger partial charge on any atom is 0.0601 e. The van der Waals surface area contributed by atoms with Crippen LogP contribution in [-0.4, -0.2) is 37.4 Å². The van der Waals surface area contributed by atoms with Crippen LogP contribution in [0.5, 0.6) is 0 Å². The van der Waals surface area contributed by atoms with E-state index in [2.05, 4.69) is 55.3 Å². The van der Waals surface area contributed by atoms with E-state index in [1.807, 2.05) is 0 Å². The summed E-state index contributed by atoms with van der Waals surface area (Å²) in [6.45, 7) is 9.18. The summed E-state index contributed by atoms with van der Waals surface area (Å²) in [4.78, 5) is 2.30. The predicted octanol–water partition coefficient (Wildman–Crippen LogP) is 1.79. The first-order valence-electron chi connectivity index (χ1n) is 6.37. The van der Waals surface area contributed by atoms with E-state index in [-0.39, 0.29) is 12.6 Å². The van der Waals surface area contributed by atoms with Crippen LogP contribution < -0.4 is 10.2 Å². The van der Waals surface area contributed by atoms with E-state index < -0.39 is 0 Å². The second kappa shape index (κ2) is 7.30. The molecule has 17 heavy (non-hydrogen) atoms. The van der Waals surface area contributed by atoms with Crippen molar-refractivity contribution in [1.82, 2.24) is 5.32 Å². The number of likely N-dealkylation sites (N-methyl/N-ethyl adjacent to an activating group) is 2. The van der Waals surface area contributed by atoms with Gasteiger partial charge in [-0.25, -0.2) is 0 Å². The molecule has 0 aliphatic carbocycles. The maximum atomic E-state index is 9.33. The van der Waals surface area contributed by atoms with E-state index in [4.69, 9.17) is 0 Å². The monoisotopic (exact) mass is 236 g/mol. The van der Waals surface area contributed by atoms with Gasteiger partial charge in [0, 0.05) is 24.8 Å². The lowest BCUT2D eigenvalue weighted by atomic mass is 10.1. The van der Waals surface area contributed by atoms with E-state index >= 15 is 0 Å². The van der Waals surface area contributed by atoms with E-state index in [1.54, 1.807) is 0 Å². The van der Waals surface area contributed by atoms with Crippen molar-refractivity contribution in [3.63, 3.8) is 0 Å². The van der Waals surface area contributed by atoms with Crippen LogP contribution in [0.1, 0.15) is 19.4 Å². The second-order valence-corrected chi connectivity index (χ2v) is 4.26. The zero-order valence-corrected chi connectivity index (χ0v) is 11.1. The summed E-state index contributed by atoms with van der Waals surface area (Å²) >= 11 is 0. The molecule has 1 rings (SSSR count). The van der Waals surface area contributed by atoms with Crippen molar-refractivity contribution in [2.24, 2.45) is 0 Å². The van der Waals surface area contributed by atoms with Crippen LogP contribution in [0, 0.1) is 6.92 Å². The molecule has 0 spiro atoms. The molecule has 0 aliphatic rings. The first-order chi connectivity index (χ1) is 8.22. The third kappa shape index (κ3) is 4.02. The Bertz CT molecular complexity index is 328. The summed E-state index contributed by atoms with van der Waals surface area (Å²) in [5, 5.41) is 12.6. The molecule has 3 heteroatoms. The molecule has 0 saturated carbocycles. The molecule has 0 saturated heterocycles. The van der Waals surface area contributed by atoms with Crippen molar-refractivity contribution in [1.29, 1.82) is 0 Å². The van der Waals surface area contributed by atoms with Gasteiger partial charge < -0.3 is 15.3 Å². The minimum atomic E-state index is 0.138. The Kier molecular flexibility index (Phi) is 6.01. The molecule has 1 atom stereocenters. The number of aryl methyl sites for hydroxylation is 1. The summed E-state index contributed by atoms with van der Waals surface area (Å²) in [5.74, 6) is 0. The number of aliphatic hydroxyl groups excluding tert-OH is 1. The van der Waals surface area contributed by atoms with Gasteiger partial charge >= 0.3 is 0 Å². The normalized spacial score (nSPS) is 12.5. The highest BCUT2D eigenvalue weighted by molar-refractivity contribution is 5.52. The van der Waals surface area contributed by atoms with Crippen LogP contribution >= 0.6 is 0 Å². The predicted molar refractivity (Wildman–Crippen MR) is 73.6 cm³/mol. The molecule has 1 aromatic carbocycles. The lowest BCUT2D eigenvalue weighted by Crippen LogP contribution is -2.43. The number of nitrogens with one attached hydrogen (secondary N) is 1. The molecule has 0 amide bonds. The Labute approximate surface area is 104 Å². The number of hydrogen-bond donors (Lipinski definition) is 2. The first-order valence-corrected chi connectivity index (χ1v) is 6.37. The lowest BCUT2D eigenvalue weighted by Gasteiger charge is -2.29. The molecule has 0 fully saturated rings. The van der Waals surface area contributed by atoms with Crippen molar-refractivity contribution < 1.29 is 5.11 Å². The molecule has 0 bridgehead atoms. The van der Waals surface area contributed by atoms with E-state index in [1.165, 1.54) is 11.3 Å². The molecule has 0 radical (unpaired) electrons. The smallest absolute Gasteiger partial charge is 0.0601 e. The van der Waals surface area contributed by atoms with E-state index in [9.17, 15) is 5.11 Å². The standard InChI is InChI=1S/C14H24N2O/c1-4-15-13(11-17)10-16(5-2)14-9-7-6-8-12(14)3/h6-9,13,15,17H,4-5,10-11H2,1-3H3. The summed E-state index contributed by atoms with van der Waals surface area (Å²) in [5.41, 5.74) is 2.54. The SMILES string of the molecule is CCNC(CO)CN(CC)c1ccccc1C. The van der Waals surface area contributed by atoms with Crippen LogP contribution in [0.4, 0.5) is 5.69 Å². The van der Waals surface area contributed by atoms with Crippen molar-refractivity contribution in [3.8, 4) is 0 Å². The van der Waals surface area contributed by atoms with Crippen molar-refractivity contribution in [3.05, 3.63) is 29.8 Å². The summed E-state index contributed by atoms with van der Waals surface area (Å²) in [7, 11) is 0. The van der Waals surface area contributed by atoms with Gasteiger partial charge in [0.1, 0.15) is 0 Å². The van der Waals surface area contributed by atoms with Crippen LogP contribution in [0.25, 0.3) is 0 Å². The maximum absolute atomic E-state index is 9.33. The summed E-state index contributed by atoms with van der Waals surface area (Å²) in [6, 6.07) is 8.52. The van der Waals surface area contributed by atoms with Crippen LogP contribution in [0.15, 0.2) is 24.3 Å². The minimum absolute atomic E-state index is 0.138. The van der Waals surface area contributed by atoms with Gasteiger partial charge in [-0.3, -0.25) is 0 Å². The van der Waals surface area contributed by atoms with Crippen molar-refractivity contribution in [2.75, 3.05) is 31.1 Å². The fourth-order valence-electron chi connectivity index (χ4n) is 2.06. The molecule has 2 N–H and O–H groups in total. The Morgan fingerprint density at radius 2 is 2.00 bits per heavy atom. The number of aliphatic hydroxyl groups is 1. The largest absolute Gasteiger partial charge is 0.395 e. The molecule has 0 heterocycles. The number of anilines is 1. The quantitative estimate of drug-likeness (QED) is 0.757. The third-order valence-corrected chi connectivity index (χ3v) is 2.99. The highest BCUT2D eigenvalue weighted by Crippen LogP contribution is 2.19. The summed E-state index contributed by atoms with van der Waals surface area (Å²) < 4.78 is 0. The highest BCUT2D eigenvalue weighted by Gasteiger charge is 2.12. The molecule has 96 valence electrons. The van der Waals surface area contributed by atoms with Gasteiger partial charge in [-0.05, 0) is 32.0 Å². The number of nitrogens with zero attached hydrogens (tertiary/aromatic N) is 1. The highest BCUT2D eigenvalue weighted by atomic mass is 16.3. The number of para-hydroxylation sites is 1. The molecule has 0 aliphatic heterocycles. The van der Waals surface area contributed by atoms with Gasteiger partial charge in [-0.1, -0.05) is 25.1 Å². The average Bonchev–Trinajstić information content (AvgIpc) is 2.35. The van der Waals surface area contributed by atoms with Gasteiger partial charge in [0.2, 0.25) is 0 Å². The number of hydrogen-bond acceptors (Lipinski definition) is 3. The Balaban J connectivity index is 2.74. The topological polar surface area (TPSA) is 35.5 Å². The first kappa shape index (κ1) is 14.0. The van der Waals surface area contributed by atoms with Gasteiger partial charge in [-0.2, -0.15) is 0 Å². The fourth-order valence-corrected chi connectivity index (χ4v) is 2.06. The van der Waals surface area contributed by atoms with Gasteiger partial charge in [-0.15, -0.1) is 0 Å². The van der Waals surface area contributed by atoms with E-state index in [0.29, 0.717) is 0 Å². The summed E-state index contributed by atoms with van der Waals surface area (Å²) in [6.07, 6.45) is 0. The van der Waals surface area contributed by atoms with Gasteiger partial charge in [0.25, 0.3) is 0 Å². The zero-order chi connectivity index (χ0) is 12.7. The number of benzene rings is 1. The van der Waals surface area contributed by atoms with Crippen molar-refractivity contribution in [2.45, 2.75) is 26.8 Å². The molecule has 0 aromatic heterocycles. The Morgan fingerprint density at radius 3 is 2.53 bits per heavy atom. The fraction of sp³-hybridized carbons (Fsp3) is 0.571. The molecule has 1 unspecified atom stereocenters. The lowest BCUT2D eigenvalue weighted by molar-refractivity contribution is 0.245. The Morgan fingerprint density at radius 1 is 1.29 bits per heavy atom. The third-order valence-electron chi connectivity index (χ3n) is 2.99. The van der Waals surface area contributed by atoms with Crippen LogP contribution in [0.3, 0.4) is 0 Å². The molecule has 1 aromatic rings. The van der Waals surface area contributed by atoms with Crippen LogP contribution in [0.2, 0.25) is 0 Å². The minimum Gasteiger partial charge on any atom is -0.395 e. The van der Waals surface area contributed by atoms with Gasteiger partial charge in [0.05, 0.1) is 6.61 Å². The van der Waals surface area contributed by atoms with Gasteiger partial charge in [0.15, 0.2) is 0 Å². The number of rotatable bonds is 7. The average molecular weight is 236 g/mol. The molecular formula is C14H24N2O. The zero-order valence-electron chi connectivity index (χ0n) is 11.1. The van der Waals surface area contributed by atoms with Crippen LogP contribution in [-0.2, 0) is 0 Å². The van der Waals surface area contributed by atoms with Crippen molar-refractivity contribution >= 4 is 5.69 Å². The molecule has 3 nitrogen and oxygen atoms in total.